The summed E-state index contributed by atoms with van der Waals surface area (Å²) in [5.41, 5.74) is -0.104. The molecule has 0 amide bonds. The first-order valence-electron chi connectivity index (χ1n) is 6.38. The number of hydrogen-bond donors (Lipinski definition) is 0. The standard InChI is InChI=1S/C13H18BrNO4/c1-17-11-8-12(16)15(9-10(11)14)5-7-19-13-4-2-3-6-18-13/h8-9,13H,2-7H2,1H3/t13-/m1/s1. The first-order valence-corrected chi connectivity index (χ1v) is 7.17. The molecule has 1 aromatic rings. The van der Waals surface area contributed by atoms with Crippen molar-refractivity contribution in [3.05, 3.63) is 27.1 Å². The monoisotopic (exact) mass is 331 g/mol. The molecule has 5 nitrogen and oxygen atoms in total. The number of rotatable bonds is 5. The van der Waals surface area contributed by atoms with E-state index in [1.807, 2.05) is 0 Å². The fourth-order valence-corrected chi connectivity index (χ4v) is 2.51. The van der Waals surface area contributed by atoms with E-state index in [2.05, 4.69) is 15.9 Å². The van der Waals surface area contributed by atoms with Crippen LogP contribution in [0.4, 0.5) is 0 Å². The third kappa shape index (κ3) is 4.06. The molecule has 0 bridgehead atoms. The van der Waals surface area contributed by atoms with Crippen molar-refractivity contribution < 1.29 is 14.2 Å². The lowest BCUT2D eigenvalue weighted by Crippen LogP contribution is -2.26. The lowest BCUT2D eigenvalue weighted by molar-refractivity contribution is -0.163. The minimum atomic E-state index is -0.119. The van der Waals surface area contributed by atoms with Crippen LogP contribution in [0.15, 0.2) is 21.5 Å². The van der Waals surface area contributed by atoms with Gasteiger partial charge in [-0.2, -0.15) is 0 Å². The molecule has 0 spiro atoms. The van der Waals surface area contributed by atoms with Gasteiger partial charge in [0.2, 0.25) is 0 Å². The average molecular weight is 332 g/mol. The molecule has 6 heteroatoms. The second kappa shape index (κ2) is 7.07. The van der Waals surface area contributed by atoms with Crippen LogP contribution < -0.4 is 10.3 Å². The Morgan fingerprint density at radius 3 is 3.05 bits per heavy atom. The maximum Gasteiger partial charge on any atom is 0.254 e. The second-order valence-corrected chi connectivity index (χ2v) is 5.24. The summed E-state index contributed by atoms with van der Waals surface area (Å²) < 4.78 is 18.5. The molecule has 1 saturated heterocycles. The smallest absolute Gasteiger partial charge is 0.254 e. The number of halogens is 1. The van der Waals surface area contributed by atoms with Gasteiger partial charge in [0.25, 0.3) is 5.56 Å². The van der Waals surface area contributed by atoms with E-state index < -0.39 is 0 Å². The molecule has 0 N–H and O–H groups in total. The van der Waals surface area contributed by atoms with E-state index in [0.29, 0.717) is 18.9 Å². The van der Waals surface area contributed by atoms with Gasteiger partial charge in [0.15, 0.2) is 6.29 Å². The van der Waals surface area contributed by atoms with E-state index in [4.69, 9.17) is 14.2 Å². The summed E-state index contributed by atoms with van der Waals surface area (Å²) >= 11 is 3.36. The maximum atomic E-state index is 11.8. The molecule has 0 unspecified atom stereocenters. The Morgan fingerprint density at radius 2 is 2.37 bits per heavy atom. The lowest BCUT2D eigenvalue weighted by atomic mass is 10.2. The van der Waals surface area contributed by atoms with Crippen LogP contribution in [0.1, 0.15) is 19.3 Å². The van der Waals surface area contributed by atoms with Crippen molar-refractivity contribution in [1.29, 1.82) is 0 Å². The molecule has 2 rings (SSSR count). The van der Waals surface area contributed by atoms with Gasteiger partial charge >= 0.3 is 0 Å². The van der Waals surface area contributed by atoms with Gasteiger partial charge in [0, 0.05) is 25.4 Å². The van der Waals surface area contributed by atoms with Crippen molar-refractivity contribution in [2.75, 3.05) is 20.3 Å². The van der Waals surface area contributed by atoms with E-state index >= 15 is 0 Å². The molecule has 1 atom stereocenters. The van der Waals surface area contributed by atoms with Crippen LogP contribution in [0.25, 0.3) is 0 Å². The minimum absolute atomic E-state index is 0.104. The van der Waals surface area contributed by atoms with Crippen molar-refractivity contribution in [3.8, 4) is 5.75 Å². The normalized spacial score (nSPS) is 19.4. The number of aromatic nitrogens is 1. The van der Waals surface area contributed by atoms with Gasteiger partial charge in [0.05, 0.1) is 18.2 Å². The van der Waals surface area contributed by atoms with Crippen molar-refractivity contribution >= 4 is 15.9 Å². The van der Waals surface area contributed by atoms with Gasteiger partial charge in [-0.1, -0.05) is 0 Å². The SMILES string of the molecule is COc1cc(=O)n(CCO[C@@H]2CCCCO2)cc1Br. The number of methoxy groups -OCH3 is 1. The highest BCUT2D eigenvalue weighted by molar-refractivity contribution is 9.10. The Balaban J connectivity index is 1.88. The van der Waals surface area contributed by atoms with E-state index in [1.54, 1.807) is 10.8 Å². The summed E-state index contributed by atoms with van der Waals surface area (Å²) in [6.07, 6.45) is 4.77. The van der Waals surface area contributed by atoms with Gasteiger partial charge in [-0.3, -0.25) is 4.79 Å². The van der Waals surface area contributed by atoms with E-state index in [1.165, 1.54) is 13.2 Å². The molecule has 0 radical (unpaired) electrons. The zero-order valence-corrected chi connectivity index (χ0v) is 12.5. The summed E-state index contributed by atoms with van der Waals surface area (Å²) in [5, 5.41) is 0. The van der Waals surface area contributed by atoms with Gasteiger partial charge in [-0.15, -0.1) is 0 Å². The van der Waals surface area contributed by atoms with Gasteiger partial charge < -0.3 is 18.8 Å². The predicted molar refractivity (Wildman–Crippen MR) is 74.5 cm³/mol. The Morgan fingerprint density at radius 1 is 1.53 bits per heavy atom. The molecule has 0 aliphatic carbocycles. The van der Waals surface area contributed by atoms with Crippen LogP contribution in [0.5, 0.6) is 5.75 Å². The summed E-state index contributed by atoms with van der Waals surface area (Å²) in [7, 11) is 1.54. The Kier molecular flexibility index (Phi) is 5.42. The first kappa shape index (κ1) is 14.6. The molecule has 0 aromatic carbocycles. The van der Waals surface area contributed by atoms with Crippen LogP contribution in [0.2, 0.25) is 0 Å². The molecule has 0 saturated carbocycles. The highest BCUT2D eigenvalue weighted by Gasteiger charge is 2.13. The summed E-state index contributed by atoms with van der Waals surface area (Å²) in [5.74, 6) is 0.540. The maximum absolute atomic E-state index is 11.8. The summed E-state index contributed by atoms with van der Waals surface area (Å²) in [4.78, 5) is 11.8. The highest BCUT2D eigenvalue weighted by Crippen LogP contribution is 2.21. The molecule has 1 aliphatic rings. The number of pyridine rings is 1. The Hall–Kier alpha value is -0.850. The average Bonchev–Trinajstić information content (AvgIpc) is 2.43. The molecule has 2 heterocycles. The largest absolute Gasteiger partial charge is 0.495 e. The highest BCUT2D eigenvalue weighted by atomic mass is 79.9. The first-order chi connectivity index (χ1) is 9.20. The summed E-state index contributed by atoms with van der Waals surface area (Å²) in [6, 6.07) is 1.46. The fraction of sp³-hybridized carbons (Fsp3) is 0.615. The molecular formula is C13H18BrNO4. The molecule has 19 heavy (non-hydrogen) atoms. The predicted octanol–water partition coefficient (Wildman–Crippen LogP) is 2.16. The number of hydrogen-bond acceptors (Lipinski definition) is 4. The second-order valence-electron chi connectivity index (χ2n) is 4.39. The van der Waals surface area contributed by atoms with Gasteiger partial charge in [-0.25, -0.2) is 0 Å². The van der Waals surface area contributed by atoms with Crippen LogP contribution in [-0.4, -0.2) is 31.2 Å². The van der Waals surface area contributed by atoms with E-state index in [9.17, 15) is 4.79 Å². The molecule has 106 valence electrons. The van der Waals surface area contributed by atoms with Gasteiger partial charge in [0.1, 0.15) is 5.75 Å². The van der Waals surface area contributed by atoms with Crippen LogP contribution in [0.3, 0.4) is 0 Å². The third-order valence-corrected chi connectivity index (χ3v) is 3.63. The summed E-state index contributed by atoms with van der Waals surface area (Å²) in [6.45, 7) is 1.73. The van der Waals surface area contributed by atoms with Crippen molar-refractivity contribution in [2.45, 2.75) is 32.1 Å². The number of nitrogens with zero attached hydrogens (tertiary/aromatic N) is 1. The van der Waals surface area contributed by atoms with Crippen LogP contribution in [-0.2, 0) is 16.0 Å². The van der Waals surface area contributed by atoms with Crippen molar-refractivity contribution in [1.82, 2.24) is 4.57 Å². The number of ether oxygens (including phenoxy) is 3. The molecular weight excluding hydrogens is 314 g/mol. The fourth-order valence-electron chi connectivity index (χ4n) is 1.98. The van der Waals surface area contributed by atoms with Gasteiger partial charge in [-0.05, 0) is 35.2 Å². The zero-order chi connectivity index (χ0) is 13.7. The quantitative estimate of drug-likeness (QED) is 0.829. The van der Waals surface area contributed by atoms with Crippen LogP contribution >= 0.6 is 15.9 Å². The van der Waals surface area contributed by atoms with Crippen LogP contribution in [0, 0.1) is 0 Å². The lowest BCUT2D eigenvalue weighted by Gasteiger charge is -2.22. The minimum Gasteiger partial charge on any atom is -0.495 e. The Labute approximate surface area is 120 Å². The molecule has 1 aromatic heterocycles. The Bertz CT molecular complexity index is 468. The zero-order valence-electron chi connectivity index (χ0n) is 10.9. The molecule has 1 aliphatic heterocycles. The van der Waals surface area contributed by atoms with Crippen molar-refractivity contribution in [2.24, 2.45) is 0 Å². The van der Waals surface area contributed by atoms with E-state index in [-0.39, 0.29) is 11.8 Å². The third-order valence-electron chi connectivity index (χ3n) is 3.04. The van der Waals surface area contributed by atoms with Crippen molar-refractivity contribution in [3.63, 3.8) is 0 Å². The van der Waals surface area contributed by atoms with E-state index in [0.717, 1.165) is 30.3 Å². The topological polar surface area (TPSA) is 49.7 Å². The molecule has 1 fully saturated rings.